The summed E-state index contributed by atoms with van der Waals surface area (Å²) in [5.74, 6) is 0.781. The maximum absolute atomic E-state index is 12.0. The van der Waals surface area contributed by atoms with Crippen LogP contribution in [0.15, 0.2) is 17.1 Å². The van der Waals surface area contributed by atoms with E-state index in [1.54, 1.807) is 24.2 Å². The van der Waals surface area contributed by atoms with Gasteiger partial charge in [-0.3, -0.25) is 9.78 Å². The molecule has 5 heteroatoms. The number of methoxy groups -OCH3 is 1. The molecule has 2 heterocycles. The van der Waals surface area contributed by atoms with Gasteiger partial charge in [-0.25, -0.2) is 4.98 Å². The molecular weight excluding hydrogens is 248 g/mol. The van der Waals surface area contributed by atoms with E-state index in [1.807, 2.05) is 13.8 Å². The smallest absolute Gasteiger partial charge is 0.187 e. The van der Waals surface area contributed by atoms with Crippen molar-refractivity contribution < 1.29 is 9.53 Å². The van der Waals surface area contributed by atoms with Crippen LogP contribution in [0.1, 0.15) is 27.3 Å². The van der Waals surface area contributed by atoms with Gasteiger partial charge < -0.3 is 4.74 Å². The molecule has 2 aromatic rings. The minimum absolute atomic E-state index is 0.0160. The zero-order chi connectivity index (χ0) is 13.1. The van der Waals surface area contributed by atoms with E-state index >= 15 is 0 Å². The van der Waals surface area contributed by atoms with E-state index in [1.165, 1.54) is 11.3 Å². The average molecular weight is 262 g/mol. The van der Waals surface area contributed by atoms with Gasteiger partial charge in [0.05, 0.1) is 24.7 Å². The van der Waals surface area contributed by atoms with Crippen LogP contribution >= 0.6 is 11.3 Å². The molecule has 2 rings (SSSR count). The van der Waals surface area contributed by atoms with Crippen LogP contribution in [-0.4, -0.2) is 22.9 Å². The second-order valence-electron chi connectivity index (χ2n) is 4.02. The van der Waals surface area contributed by atoms with Crippen LogP contribution in [0.5, 0.6) is 5.75 Å². The highest BCUT2D eigenvalue weighted by Crippen LogP contribution is 2.24. The highest BCUT2D eigenvalue weighted by molar-refractivity contribution is 7.07. The molecule has 0 aliphatic carbocycles. The molecule has 0 fully saturated rings. The van der Waals surface area contributed by atoms with Gasteiger partial charge in [-0.1, -0.05) is 0 Å². The number of aryl methyl sites for hydroxylation is 1. The molecule has 0 saturated heterocycles. The van der Waals surface area contributed by atoms with Crippen LogP contribution in [0.4, 0.5) is 0 Å². The summed E-state index contributed by atoms with van der Waals surface area (Å²) in [6.07, 6.45) is 1.99. The first kappa shape index (κ1) is 12.7. The van der Waals surface area contributed by atoms with E-state index in [2.05, 4.69) is 9.97 Å². The number of rotatable bonds is 4. The Hall–Kier alpha value is -1.75. The third-order valence-electron chi connectivity index (χ3n) is 2.80. The molecule has 2 aromatic heterocycles. The summed E-state index contributed by atoms with van der Waals surface area (Å²) in [5.41, 5.74) is 4.79. The van der Waals surface area contributed by atoms with E-state index in [0.717, 1.165) is 22.6 Å². The van der Waals surface area contributed by atoms with Gasteiger partial charge in [-0.05, 0) is 13.8 Å². The van der Waals surface area contributed by atoms with E-state index in [0.29, 0.717) is 5.69 Å². The number of pyridine rings is 1. The first-order valence-electron chi connectivity index (χ1n) is 5.54. The van der Waals surface area contributed by atoms with Crippen molar-refractivity contribution in [1.82, 2.24) is 9.97 Å². The van der Waals surface area contributed by atoms with Gasteiger partial charge in [0, 0.05) is 22.7 Å². The molecule has 94 valence electrons. The van der Waals surface area contributed by atoms with Crippen molar-refractivity contribution in [2.75, 3.05) is 7.11 Å². The van der Waals surface area contributed by atoms with Crippen LogP contribution in [0, 0.1) is 13.8 Å². The average Bonchev–Trinajstić information content (AvgIpc) is 2.87. The fraction of sp³-hybridized carbons (Fsp3) is 0.308. The van der Waals surface area contributed by atoms with Crippen LogP contribution in [0.3, 0.4) is 0 Å². The normalized spacial score (nSPS) is 10.4. The summed E-state index contributed by atoms with van der Waals surface area (Å²) >= 11 is 1.42. The molecule has 0 aliphatic rings. The number of nitrogens with zero attached hydrogens (tertiary/aromatic N) is 2. The zero-order valence-corrected chi connectivity index (χ0v) is 11.4. The Morgan fingerprint density at radius 2 is 2.17 bits per heavy atom. The number of ether oxygens (including phenoxy) is 1. The number of ketones is 1. The van der Waals surface area contributed by atoms with Gasteiger partial charge in [0.15, 0.2) is 5.78 Å². The van der Waals surface area contributed by atoms with Crippen molar-refractivity contribution in [1.29, 1.82) is 0 Å². The molecule has 0 atom stereocenters. The number of aromatic nitrogens is 2. The Kier molecular flexibility index (Phi) is 3.72. The minimum Gasteiger partial charge on any atom is -0.496 e. The summed E-state index contributed by atoms with van der Waals surface area (Å²) < 4.78 is 5.32. The fourth-order valence-corrected chi connectivity index (χ4v) is 2.40. The van der Waals surface area contributed by atoms with E-state index < -0.39 is 0 Å². The molecule has 18 heavy (non-hydrogen) atoms. The molecule has 0 spiro atoms. The van der Waals surface area contributed by atoms with Gasteiger partial charge in [-0.2, -0.15) is 0 Å². The van der Waals surface area contributed by atoms with Crippen LogP contribution in [-0.2, 0) is 6.42 Å². The maximum Gasteiger partial charge on any atom is 0.187 e. The molecular formula is C13H14N2O2S. The van der Waals surface area contributed by atoms with Gasteiger partial charge in [0.25, 0.3) is 0 Å². The lowest BCUT2D eigenvalue weighted by Gasteiger charge is -2.11. The minimum atomic E-state index is -0.0160. The highest BCUT2D eigenvalue weighted by atomic mass is 32.1. The molecule has 0 unspecified atom stereocenters. The number of thiazole rings is 1. The van der Waals surface area contributed by atoms with Crippen molar-refractivity contribution in [2.45, 2.75) is 20.3 Å². The summed E-state index contributed by atoms with van der Waals surface area (Å²) in [4.78, 5) is 20.3. The Morgan fingerprint density at radius 3 is 2.78 bits per heavy atom. The number of carbonyl (C=O) groups is 1. The monoisotopic (exact) mass is 262 g/mol. The third kappa shape index (κ3) is 2.41. The predicted octanol–water partition coefficient (Wildman–Crippen LogP) is 2.59. The van der Waals surface area contributed by atoms with Gasteiger partial charge in [0.2, 0.25) is 0 Å². The van der Waals surface area contributed by atoms with E-state index in [4.69, 9.17) is 4.74 Å². The maximum atomic E-state index is 12.0. The first-order chi connectivity index (χ1) is 8.63. The second kappa shape index (κ2) is 5.27. The lowest BCUT2D eigenvalue weighted by molar-refractivity contribution is 0.0987. The lowest BCUT2D eigenvalue weighted by atomic mass is 10.1. The van der Waals surface area contributed by atoms with Gasteiger partial charge >= 0.3 is 0 Å². The lowest BCUT2D eigenvalue weighted by Crippen LogP contribution is -2.08. The van der Waals surface area contributed by atoms with Crippen molar-refractivity contribution in [3.05, 3.63) is 39.6 Å². The highest BCUT2D eigenvalue weighted by Gasteiger charge is 2.15. The van der Waals surface area contributed by atoms with Crippen LogP contribution in [0.2, 0.25) is 0 Å². The Labute approximate surface area is 110 Å². The van der Waals surface area contributed by atoms with E-state index in [9.17, 15) is 4.79 Å². The fourth-order valence-electron chi connectivity index (χ4n) is 1.84. The summed E-state index contributed by atoms with van der Waals surface area (Å²) in [7, 11) is 1.63. The summed E-state index contributed by atoms with van der Waals surface area (Å²) in [5, 5.41) is 1.75. The number of Topliss-reactive ketones (excluding diaryl/α,β-unsaturated/α-hetero) is 1. The number of carbonyl (C=O) groups excluding carboxylic acids is 1. The van der Waals surface area contributed by atoms with Crippen LogP contribution in [0.25, 0.3) is 0 Å². The quantitative estimate of drug-likeness (QED) is 0.795. The van der Waals surface area contributed by atoms with Crippen molar-refractivity contribution in [3.8, 4) is 5.75 Å². The molecule has 0 saturated carbocycles. The Balaban J connectivity index is 2.27. The molecule has 0 amide bonds. The molecule has 0 bridgehead atoms. The van der Waals surface area contributed by atoms with Gasteiger partial charge in [0.1, 0.15) is 11.4 Å². The van der Waals surface area contributed by atoms with E-state index in [-0.39, 0.29) is 12.2 Å². The SMILES string of the molecule is COc1c(C)cnc(CC(=O)c2cscn2)c1C. The molecule has 0 N–H and O–H groups in total. The number of hydrogen-bond acceptors (Lipinski definition) is 5. The summed E-state index contributed by atoms with van der Waals surface area (Å²) in [6, 6.07) is 0. The predicted molar refractivity (Wildman–Crippen MR) is 70.4 cm³/mol. The first-order valence-corrected chi connectivity index (χ1v) is 6.48. The Bertz CT molecular complexity index is 565. The van der Waals surface area contributed by atoms with Crippen molar-refractivity contribution in [3.63, 3.8) is 0 Å². The van der Waals surface area contributed by atoms with Crippen molar-refractivity contribution >= 4 is 17.1 Å². The standard InChI is InChI=1S/C13H14N2O2S/c1-8-5-14-10(9(2)13(8)17-3)4-12(16)11-6-18-7-15-11/h5-7H,4H2,1-3H3. The Morgan fingerprint density at radius 1 is 1.39 bits per heavy atom. The molecule has 0 aromatic carbocycles. The molecule has 0 radical (unpaired) electrons. The zero-order valence-electron chi connectivity index (χ0n) is 10.6. The second-order valence-corrected chi connectivity index (χ2v) is 4.74. The summed E-state index contributed by atoms with van der Waals surface area (Å²) in [6.45, 7) is 3.85. The van der Waals surface area contributed by atoms with Crippen molar-refractivity contribution in [2.24, 2.45) is 0 Å². The topological polar surface area (TPSA) is 52.1 Å². The molecule has 0 aliphatic heterocycles. The molecule has 4 nitrogen and oxygen atoms in total. The van der Waals surface area contributed by atoms with Gasteiger partial charge in [-0.15, -0.1) is 11.3 Å². The largest absolute Gasteiger partial charge is 0.496 e. The third-order valence-corrected chi connectivity index (χ3v) is 3.38. The number of hydrogen-bond donors (Lipinski definition) is 0. The van der Waals surface area contributed by atoms with Crippen LogP contribution < -0.4 is 4.74 Å².